The predicted octanol–water partition coefficient (Wildman–Crippen LogP) is 7.84. The fourth-order valence-corrected chi connectivity index (χ4v) is 5.87. The Morgan fingerprint density at radius 3 is 2.11 bits per heavy atom. The van der Waals surface area contributed by atoms with Crippen molar-refractivity contribution in [1.82, 2.24) is 18.5 Å². The SMILES string of the molecule is Cc1cccc2c3ccccc3n(-c3cccc4c3n(-c3ccccc3)c3nc5ccccc5n43)c12. The van der Waals surface area contributed by atoms with E-state index < -0.39 is 0 Å². The lowest BCUT2D eigenvalue weighted by atomic mass is 10.1. The first kappa shape index (κ1) is 19.5. The summed E-state index contributed by atoms with van der Waals surface area (Å²) < 4.78 is 7.04. The second-order valence-corrected chi connectivity index (χ2v) is 9.38. The molecule has 8 aromatic rings. The molecular formula is C32H22N4. The highest BCUT2D eigenvalue weighted by Gasteiger charge is 2.22. The third-order valence-corrected chi connectivity index (χ3v) is 7.35. The van der Waals surface area contributed by atoms with E-state index >= 15 is 0 Å². The van der Waals surface area contributed by atoms with Crippen LogP contribution in [-0.4, -0.2) is 18.5 Å². The van der Waals surface area contributed by atoms with Gasteiger partial charge in [-0.1, -0.05) is 72.8 Å². The molecule has 3 aromatic heterocycles. The maximum absolute atomic E-state index is 5.11. The molecule has 3 heterocycles. The van der Waals surface area contributed by atoms with Gasteiger partial charge in [-0.05, 0) is 55.0 Å². The second kappa shape index (κ2) is 7.09. The van der Waals surface area contributed by atoms with Crippen molar-refractivity contribution in [2.75, 3.05) is 0 Å². The standard InChI is InChI=1S/C32H22N4/c1-21-11-9-15-24-23-14-5-7-17-26(23)35(30(21)24)28-19-10-20-29-31(28)34(22-12-3-2-4-13-22)32-33-25-16-6-8-18-27(25)36(29)32/h2-20H,1H3. The molecule has 4 nitrogen and oxygen atoms in total. The average molecular weight is 463 g/mol. The zero-order chi connectivity index (χ0) is 23.8. The van der Waals surface area contributed by atoms with Crippen LogP contribution in [0.2, 0.25) is 0 Å². The minimum absolute atomic E-state index is 0.919. The molecule has 0 bridgehead atoms. The zero-order valence-corrected chi connectivity index (χ0v) is 19.8. The van der Waals surface area contributed by atoms with Gasteiger partial charge in [0.1, 0.15) is 0 Å². The number of fused-ring (bicyclic) bond motifs is 8. The van der Waals surface area contributed by atoms with Crippen LogP contribution in [-0.2, 0) is 0 Å². The number of aryl methyl sites for hydroxylation is 1. The monoisotopic (exact) mass is 462 g/mol. The zero-order valence-electron chi connectivity index (χ0n) is 19.8. The van der Waals surface area contributed by atoms with E-state index in [9.17, 15) is 0 Å². The molecular weight excluding hydrogens is 440 g/mol. The van der Waals surface area contributed by atoms with Crippen LogP contribution in [0.3, 0.4) is 0 Å². The minimum Gasteiger partial charge on any atom is -0.307 e. The Hall–Kier alpha value is -4.83. The van der Waals surface area contributed by atoms with Crippen molar-refractivity contribution in [3.05, 3.63) is 121 Å². The van der Waals surface area contributed by atoms with Crippen LogP contribution in [0.5, 0.6) is 0 Å². The first-order chi connectivity index (χ1) is 17.8. The van der Waals surface area contributed by atoms with E-state index in [2.05, 4.69) is 136 Å². The lowest BCUT2D eigenvalue weighted by Gasteiger charge is -2.14. The number of para-hydroxylation sites is 6. The molecule has 0 unspecified atom stereocenters. The highest BCUT2D eigenvalue weighted by molar-refractivity contribution is 6.11. The van der Waals surface area contributed by atoms with Crippen LogP contribution in [0, 0.1) is 6.92 Å². The van der Waals surface area contributed by atoms with Gasteiger partial charge >= 0.3 is 0 Å². The van der Waals surface area contributed by atoms with Gasteiger partial charge in [-0.3, -0.25) is 8.97 Å². The summed E-state index contributed by atoms with van der Waals surface area (Å²) in [5.74, 6) is 0.919. The van der Waals surface area contributed by atoms with Crippen LogP contribution in [0.25, 0.3) is 61.0 Å². The number of rotatable bonds is 2. The van der Waals surface area contributed by atoms with Crippen molar-refractivity contribution in [3.8, 4) is 11.4 Å². The third-order valence-electron chi connectivity index (χ3n) is 7.35. The highest BCUT2D eigenvalue weighted by Crippen LogP contribution is 2.38. The van der Waals surface area contributed by atoms with Crippen LogP contribution >= 0.6 is 0 Å². The van der Waals surface area contributed by atoms with Gasteiger partial charge < -0.3 is 4.57 Å². The molecule has 0 N–H and O–H groups in total. The molecule has 0 aliphatic carbocycles. The molecule has 0 amide bonds. The van der Waals surface area contributed by atoms with Gasteiger partial charge in [-0.15, -0.1) is 0 Å². The summed E-state index contributed by atoms with van der Waals surface area (Å²) in [7, 11) is 0. The number of benzene rings is 5. The van der Waals surface area contributed by atoms with Crippen LogP contribution in [0.1, 0.15) is 5.56 Å². The van der Waals surface area contributed by atoms with Gasteiger partial charge in [0.15, 0.2) is 0 Å². The van der Waals surface area contributed by atoms with E-state index in [-0.39, 0.29) is 0 Å². The molecule has 0 radical (unpaired) electrons. The molecule has 0 saturated heterocycles. The number of imidazole rings is 2. The largest absolute Gasteiger partial charge is 0.307 e. The van der Waals surface area contributed by atoms with Gasteiger partial charge in [0.05, 0.1) is 38.8 Å². The first-order valence-electron chi connectivity index (χ1n) is 12.3. The van der Waals surface area contributed by atoms with E-state index in [1.807, 2.05) is 0 Å². The van der Waals surface area contributed by atoms with Crippen LogP contribution in [0.15, 0.2) is 115 Å². The fourth-order valence-electron chi connectivity index (χ4n) is 5.87. The minimum atomic E-state index is 0.919. The van der Waals surface area contributed by atoms with Crippen LogP contribution < -0.4 is 0 Å². The van der Waals surface area contributed by atoms with E-state index in [0.717, 1.165) is 39.2 Å². The molecule has 8 rings (SSSR count). The summed E-state index contributed by atoms with van der Waals surface area (Å²) in [5, 5.41) is 2.54. The van der Waals surface area contributed by atoms with Gasteiger partial charge in [0.25, 0.3) is 0 Å². The lowest BCUT2D eigenvalue weighted by molar-refractivity contribution is 1.09. The van der Waals surface area contributed by atoms with E-state index in [1.165, 1.54) is 27.4 Å². The topological polar surface area (TPSA) is 27.2 Å². The van der Waals surface area contributed by atoms with Crippen molar-refractivity contribution in [1.29, 1.82) is 0 Å². The van der Waals surface area contributed by atoms with Crippen LogP contribution in [0.4, 0.5) is 0 Å². The van der Waals surface area contributed by atoms with Gasteiger partial charge in [0, 0.05) is 16.5 Å². The number of aromatic nitrogens is 4. The Balaban J connectivity index is 1.64. The molecule has 0 aliphatic rings. The van der Waals surface area contributed by atoms with Gasteiger partial charge in [0.2, 0.25) is 5.78 Å². The van der Waals surface area contributed by atoms with Gasteiger partial charge in [-0.2, -0.15) is 0 Å². The van der Waals surface area contributed by atoms with E-state index in [1.54, 1.807) is 0 Å². The normalized spacial score (nSPS) is 12.0. The van der Waals surface area contributed by atoms with Crippen molar-refractivity contribution in [3.63, 3.8) is 0 Å². The summed E-state index contributed by atoms with van der Waals surface area (Å²) in [5.41, 5.74) is 10.3. The lowest BCUT2D eigenvalue weighted by Crippen LogP contribution is -2.01. The molecule has 36 heavy (non-hydrogen) atoms. The van der Waals surface area contributed by atoms with Crippen molar-refractivity contribution >= 4 is 49.7 Å². The molecule has 0 atom stereocenters. The predicted molar refractivity (Wildman–Crippen MR) is 149 cm³/mol. The molecule has 4 heteroatoms. The number of nitrogens with zero attached hydrogens (tertiary/aromatic N) is 4. The van der Waals surface area contributed by atoms with Crippen molar-refractivity contribution in [2.24, 2.45) is 0 Å². The Morgan fingerprint density at radius 2 is 1.22 bits per heavy atom. The number of hydrogen-bond donors (Lipinski definition) is 0. The Bertz CT molecular complexity index is 2110. The summed E-state index contributed by atoms with van der Waals surface area (Å²) in [6, 6.07) is 40.9. The van der Waals surface area contributed by atoms with E-state index in [4.69, 9.17) is 4.98 Å². The highest BCUT2D eigenvalue weighted by atomic mass is 15.2. The van der Waals surface area contributed by atoms with Gasteiger partial charge in [-0.25, -0.2) is 4.98 Å². The maximum Gasteiger partial charge on any atom is 0.220 e. The Kier molecular flexibility index (Phi) is 3.84. The Morgan fingerprint density at radius 1 is 0.528 bits per heavy atom. The third kappa shape index (κ3) is 2.45. The van der Waals surface area contributed by atoms with Crippen molar-refractivity contribution < 1.29 is 0 Å². The molecule has 0 fully saturated rings. The molecule has 0 spiro atoms. The maximum atomic E-state index is 5.11. The first-order valence-corrected chi connectivity index (χ1v) is 12.3. The van der Waals surface area contributed by atoms with E-state index in [0.29, 0.717) is 0 Å². The number of hydrogen-bond acceptors (Lipinski definition) is 1. The fraction of sp³-hybridized carbons (Fsp3) is 0.0312. The van der Waals surface area contributed by atoms with Crippen molar-refractivity contribution in [2.45, 2.75) is 6.92 Å². The average Bonchev–Trinajstić information content (AvgIpc) is 3.57. The molecule has 0 aliphatic heterocycles. The summed E-state index contributed by atoms with van der Waals surface area (Å²) >= 11 is 0. The summed E-state index contributed by atoms with van der Waals surface area (Å²) in [6.45, 7) is 2.20. The smallest absolute Gasteiger partial charge is 0.220 e. The molecule has 0 saturated carbocycles. The molecule has 5 aromatic carbocycles. The second-order valence-electron chi connectivity index (χ2n) is 9.38. The Labute approximate surface area is 207 Å². The molecule has 170 valence electrons. The summed E-state index contributed by atoms with van der Waals surface area (Å²) in [6.07, 6.45) is 0. The quantitative estimate of drug-likeness (QED) is 0.257. The summed E-state index contributed by atoms with van der Waals surface area (Å²) in [4.78, 5) is 5.11.